The maximum absolute atomic E-state index is 15.4. The van der Waals surface area contributed by atoms with E-state index >= 15 is 4.39 Å². The molecule has 0 spiro atoms. The van der Waals surface area contributed by atoms with Gasteiger partial charge in [-0.3, -0.25) is 0 Å². The molecule has 1 fully saturated rings. The fraction of sp³-hybridized carbons (Fsp3) is 0.548. The highest BCUT2D eigenvalue weighted by Crippen LogP contribution is 2.38. The zero-order valence-corrected chi connectivity index (χ0v) is 21.6. The molecular formula is C31H37F5O. The minimum absolute atomic E-state index is 0.180. The minimum Gasteiger partial charge on any atom is -0.403 e. The zero-order valence-electron chi connectivity index (χ0n) is 21.6. The van der Waals surface area contributed by atoms with Crippen LogP contribution in [0.4, 0.5) is 22.0 Å². The van der Waals surface area contributed by atoms with Crippen LogP contribution < -0.4 is 4.74 Å². The molecule has 0 bridgehead atoms. The van der Waals surface area contributed by atoms with Crippen LogP contribution >= 0.6 is 0 Å². The Hall–Kier alpha value is -2.37. The molecule has 2 aromatic carbocycles. The summed E-state index contributed by atoms with van der Waals surface area (Å²) >= 11 is 0. The van der Waals surface area contributed by atoms with Crippen LogP contribution in [0, 0.1) is 23.5 Å². The van der Waals surface area contributed by atoms with E-state index in [1.54, 1.807) is 6.07 Å². The van der Waals surface area contributed by atoms with Crippen molar-refractivity contribution in [3.8, 4) is 16.9 Å². The molecule has 0 atom stereocenters. The van der Waals surface area contributed by atoms with Crippen molar-refractivity contribution in [3.63, 3.8) is 0 Å². The van der Waals surface area contributed by atoms with Crippen molar-refractivity contribution in [2.24, 2.45) is 11.8 Å². The SMILES string of the molecule is CCCCCCC1CCC(CCC2=Cc3ccc(-c4ccc(OC(F)(F)F)c(F)c4)c(F)c3CC2)CC1. The van der Waals surface area contributed by atoms with Gasteiger partial charge in [0.15, 0.2) is 11.6 Å². The average Bonchev–Trinajstić information content (AvgIpc) is 2.87. The molecule has 0 amide bonds. The Morgan fingerprint density at radius 3 is 2.27 bits per heavy atom. The second kappa shape index (κ2) is 12.4. The topological polar surface area (TPSA) is 9.23 Å². The summed E-state index contributed by atoms with van der Waals surface area (Å²) in [6.45, 7) is 2.25. The fourth-order valence-electron chi connectivity index (χ4n) is 5.96. The predicted molar refractivity (Wildman–Crippen MR) is 138 cm³/mol. The zero-order chi connectivity index (χ0) is 26.4. The van der Waals surface area contributed by atoms with Gasteiger partial charge in [-0.05, 0) is 66.3 Å². The van der Waals surface area contributed by atoms with Crippen molar-refractivity contribution >= 4 is 6.08 Å². The molecule has 1 nitrogen and oxygen atoms in total. The summed E-state index contributed by atoms with van der Waals surface area (Å²) in [4.78, 5) is 0. The standard InChI is InChI=1S/C31H37F5O/c1-2-3-4-5-6-21-7-9-22(10-8-21)11-12-23-13-16-26-24(19-23)14-17-27(30(26)33)25-15-18-29(28(32)20-25)37-31(34,35)36/h14-15,17-22H,2-13,16H2,1H3. The quantitative estimate of drug-likeness (QED) is 0.224. The Morgan fingerprint density at radius 1 is 0.865 bits per heavy atom. The molecule has 0 saturated heterocycles. The molecule has 0 unspecified atom stereocenters. The number of alkyl halides is 3. The highest BCUT2D eigenvalue weighted by Gasteiger charge is 2.32. The van der Waals surface area contributed by atoms with Gasteiger partial charge in [-0.1, -0.05) is 94.6 Å². The van der Waals surface area contributed by atoms with Gasteiger partial charge in [0, 0.05) is 5.56 Å². The van der Waals surface area contributed by atoms with E-state index in [2.05, 4.69) is 17.7 Å². The van der Waals surface area contributed by atoms with Crippen LogP contribution in [-0.2, 0) is 6.42 Å². The number of fused-ring (bicyclic) bond motifs is 1. The van der Waals surface area contributed by atoms with Crippen LogP contribution in [0.25, 0.3) is 17.2 Å². The highest BCUT2D eigenvalue weighted by molar-refractivity contribution is 5.71. The average molecular weight is 521 g/mol. The third-order valence-corrected chi connectivity index (χ3v) is 8.11. The second-order valence-electron chi connectivity index (χ2n) is 10.8. The van der Waals surface area contributed by atoms with Crippen LogP contribution in [0.1, 0.15) is 95.1 Å². The molecule has 202 valence electrons. The highest BCUT2D eigenvalue weighted by atomic mass is 19.4. The second-order valence-corrected chi connectivity index (χ2v) is 10.8. The van der Waals surface area contributed by atoms with Gasteiger partial charge in [0.2, 0.25) is 0 Å². The number of halogens is 5. The molecule has 0 aromatic heterocycles. The number of allylic oxidation sites excluding steroid dienone is 1. The molecule has 0 heterocycles. The lowest BCUT2D eigenvalue weighted by Crippen LogP contribution is -2.17. The maximum Gasteiger partial charge on any atom is 0.573 e. The Balaban J connectivity index is 1.34. The lowest BCUT2D eigenvalue weighted by Gasteiger charge is -2.29. The van der Waals surface area contributed by atoms with E-state index in [0.717, 1.165) is 42.4 Å². The third kappa shape index (κ3) is 7.58. The Morgan fingerprint density at radius 2 is 1.59 bits per heavy atom. The number of unbranched alkanes of at least 4 members (excludes halogenated alkanes) is 3. The minimum atomic E-state index is -4.99. The van der Waals surface area contributed by atoms with Crippen molar-refractivity contribution in [1.29, 1.82) is 0 Å². The van der Waals surface area contributed by atoms with Gasteiger partial charge in [-0.2, -0.15) is 0 Å². The molecule has 2 aliphatic carbocycles. The van der Waals surface area contributed by atoms with E-state index in [1.165, 1.54) is 75.8 Å². The predicted octanol–water partition coefficient (Wildman–Crippen LogP) is 10.4. The molecule has 6 heteroatoms. The normalized spacial score (nSPS) is 19.9. The molecule has 4 rings (SSSR count). The molecule has 1 saturated carbocycles. The summed E-state index contributed by atoms with van der Waals surface area (Å²) in [5.41, 5.74) is 3.14. The van der Waals surface area contributed by atoms with E-state index < -0.39 is 23.7 Å². The van der Waals surface area contributed by atoms with E-state index in [1.807, 2.05) is 6.07 Å². The van der Waals surface area contributed by atoms with Gasteiger partial charge in [0.05, 0.1) is 0 Å². The van der Waals surface area contributed by atoms with Crippen molar-refractivity contribution < 1.29 is 26.7 Å². The lowest BCUT2D eigenvalue weighted by atomic mass is 9.77. The number of rotatable bonds is 10. The van der Waals surface area contributed by atoms with Gasteiger partial charge in [-0.15, -0.1) is 13.2 Å². The first kappa shape index (κ1) is 27.7. The van der Waals surface area contributed by atoms with Gasteiger partial charge in [-0.25, -0.2) is 8.78 Å². The summed E-state index contributed by atoms with van der Waals surface area (Å²) in [6.07, 6.45) is 12.8. The molecule has 2 aromatic rings. The van der Waals surface area contributed by atoms with Crippen LogP contribution in [0.2, 0.25) is 0 Å². The van der Waals surface area contributed by atoms with Gasteiger partial charge in [0.1, 0.15) is 5.82 Å². The van der Waals surface area contributed by atoms with Crippen LogP contribution in [0.5, 0.6) is 5.75 Å². The van der Waals surface area contributed by atoms with Crippen molar-refractivity contribution in [2.75, 3.05) is 0 Å². The summed E-state index contributed by atoms with van der Waals surface area (Å²) in [5.74, 6) is -0.850. The molecular weight excluding hydrogens is 483 g/mol. The summed E-state index contributed by atoms with van der Waals surface area (Å²) in [6, 6.07) is 6.42. The van der Waals surface area contributed by atoms with Crippen molar-refractivity contribution in [3.05, 3.63) is 58.7 Å². The summed E-state index contributed by atoms with van der Waals surface area (Å²) < 4.78 is 70.4. The van der Waals surface area contributed by atoms with Crippen LogP contribution in [0.15, 0.2) is 35.9 Å². The smallest absolute Gasteiger partial charge is 0.403 e. The maximum atomic E-state index is 15.4. The summed E-state index contributed by atoms with van der Waals surface area (Å²) in [7, 11) is 0. The van der Waals surface area contributed by atoms with E-state index in [-0.39, 0.29) is 11.1 Å². The summed E-state index contributed by atoms with van der Waals surface area (Å²) in [5, 5.41) is 0. The third-order valence-electron chi connectivity index (χ3n) is 8.11. The first-order chi connectivity index (χ1) is 17.7. The molecule has 0 aliphatic heterocycles. The van der Waals surface area contributed by atoms with Crippen LogP contribution in [0.3, 0.4) is 0 Å². The molecule has 0 N–H and O–H groups in total. The monoisotopic (exact) mass is 520 g/mol. The molecule has 2 aliphatic rings. The Labute approximate surface area is 217 Å². The van der Waals surface area contributed by atoms with Gasteiger partial charge in [0.25, 0.3) is 0 Å². The Kier molecular flexibility index (Phi) is 9.31. The van der Waals surface area contributed by atoms with E-state index in [4.69, 9.17) is 0 Å². The number of benzene rings is 2. The number of hydrogen-bond donors (Lipinski definition) is 0. The molecule has 0 radical (unpaired) electrons. The van der Waals surface area contributed by atoms with Gasteiger partial charge < -0.3 is 4.74 Å². The molecule has 37 heavy (non-hydrogen) atoms. The fourth-order valence-corrected chi connectivity index (χ4v) is 5.96. The first-order valence-electron chi connectivity index (χ1n) is 13.8. The van der Waals surface area contributed by atoms with Crippen LogP contribution in [-0.4, -0.2) is 6.36 Å². The van der Waals surface area contributed by atoms with E-state index in [0.29, 0.717) is 12.0 Å². The van der Waals surface area contributed by atoms with Crippen molar-refractivity contribution in [1.82, 2.24) is 0 Å². The van der Waals surface area contributed by atoms with Gasteiger partial charge >= 0.3 is 6.36 Å². The largest absolute Gasteiger partial charge is 0.573 e. The number of hydrogen-bond acceptors (Lipinski definition) is 1. The lowest BCUT2D eigenvalue weighted by molar-refractivity contribution is -0.275. The van der Waals surface area contributed by atoms with E-state index in [9.17, 15) is 17.6 Å². The number of ether oxygens (including phenoxy) is 1. The first-order valence-corrected chi connectivity index (χ1v) is 13.8. The Bertz CT molecular complexity index is 1080. The van der Waals surface area contributed by atoms with Crippen molar-refractivity contribution in [2.45, 2.75) is 96.8 Å².